The van der Waals surface area contributed by atoms with Gasteiger partial charge in [0, 0.05) is 13.5 Å². The summed E-state index contributed by atoms with van der Waals surface area (Å²) in [4.78, 5) is 17.9. The Bertz CT molecular complexity index is 489. The molecule has 0 atom stereocenters. The molecule has 0 aliphatic carbocycles. The number of aromatic nitrogens is 1. The molecule has 0 spiro atoms. The molecule has 0 saturated heterocycles. The number of carbonyl (C=O) groups excluding carboxylic acids is 1. The maximum Gasteiger partial charge on any atom is 0.227 e. The summed E-state index contributed by atoms with van der Waals surface area (Å²) >= 11 is 0. The highest BCUT2D eigenvalue weighted by molar-refractivity contribution is 5.92. The molecule has 0 saturated carbocycles. The molecule has 18 heavy (non-hydrogen) atoms. The highest BCUT2D eigenvalue weighted by atomic mass is 16.2. The number of hydrogen-bond donors (Lipinski definition) is 0. The number of rotatable bonds is 4. The molecule has 1 amide bonds. The second-order valence-corrected chi connectivity index (χ2v) is 4.23. The highest BCUT2D eigenvalue weighted by Crippen LogP contribution is 2.20. The van der Waals surface area contributed by atoms with E-state index in [-0.39, 0.29) is 5.91 Å². The third kappa shape index (κ3) is 3.06. The average molecular weight is 244 g/mol. The van der Waals surface area contributed by atoms with Crippen molar-refractivity contribution in [3.8, 4) is 0 Å². The summed E-state index contributed by atoms with van der Waals surface area (Å²) in [7, 11) is 1.76. The van der Waals surface area contributed by atoms with Crippen molar-refractivity contribution < 1.29 is 4.79 Å². The summed E-state index contributed by atoms with van der Waals surface area (Å²) in [6.45, 7) is 9.46. The van der Waals surface area contributed by atoms with Gasteiger partial charge in [-0.25, -0.2) is 4.98 Å². The minimum atomic E-state index is 0.0631. The third-order valence-corrected chi connectivity index (χ3v) is 2.84. The molecule has 1 aromatic rings. The van der Waals surface area contributed by atoms with Gasteiger partial charge in [0.15, 0.2) is 0 Å². The fourth-order valence-corrected chi connectivity index (χ4v) is 1.69. The Hall–Kier alpha value is -1.90. The van der Waals surface area contributed by atoms with E-state index in [1.165, 1.54) is 0 Å². The number of carbonyl (C=O) groups is 1. The van der Waals surface area contributed by atoms with Crippen LogP contribution in [0.5, 0.6) is 0 Å². The predicted octanol–water partition coefficient (Wildman–Crippen LogP) is 3.35. The minimum Gasteiger partial charge on any atom is -0.300 e. The van der Waals surface area contributed by atoms with Crippen LogP contribution in [0, 0.1) is 6.92 Å². The SMILES string of the molecule is C=C/C=C(\C)c1ccc(C)c(N(C)C(=O)CC)n1. The summed E-state index contributed by atoms with van der Waals surface area (Å²) in [5, 5.41) is 0. The van der Waals surface area contributed by atoms with Crippen molar-refractivity contribution in [1.82, 2.24) is 4.98 Å². The first-order chi connectivity index (χ1) is 8.51. The third-order valence-electron chi connectivity index (χ3n) is 2.84. The van der Waals surface area contributed by atoms with Crippen LogP contribution >= 0.6 is 0 Å². The van der Waals surface area contributed by atoms with Gasteiger partial charge in [-0.3, -0.25) is 9.69 Å². The number of pyridine rings is 1. The Morgan fingerprint density at radius 3 is 2.72 bits per heavy atom. The molecule has 1 rings (SSSR count). The fourth-order valence-electron chi connectivity index (χ4n) is 1.69. The molecule has 3 heteroatoms. The number of aryl methyl sites for hydroxylation is 1. The molecule has 0 N–H and O–H groups in total. The molecule has 96 valence electrons. The van der Waals surface area contributed by atoms with E-state index in [2.05, 4.69) is 11.6 Å². The lowest BCUT2D eigenvalue weighted by Crippen LogP contribution is -2.27. The smallest absolute Gasteiger partial charge is 0.227 e. The summed E-state index contributed by atoms with van der Waals surface area (Å²) in [6, 6.07) is 3.94. The van der Waals surface area contributed by atoms with Crippen LogP contribution < -0.4 is 4.90 Å². The summed E-state index contributed by atoms with van der Waals surface area (Å²) in [5.41, 5.74) is 2.89. The van der Waals surface area contributed by atoms with Crippen LogP contribution in [0.25, 0.3) is 5.57 Å². The monoisotopic (exact) mass is 244 g/mol. The Kier molecular flexibility index (Phi) is 4.84. The quantitative estimate of drug-likeness (QED) is 0.761. The number of hydrogen-bond acceptors (Lipinski definition) is 2. The van der Waals surface area contributed by atoms with E-state index in [0.29, 0.717) is 6.42 Å². The van der Waals surface area contributed by atoms with Crippen LogP contribution in [0.4, 0.5) is 5.82 Å². The van der Waals surface area contributed by atoms with Gasteiger partial charge in [-0.05, 0) is 31.1 Å². The van der Waals surface area contributed by atoms with Crippen molar-refractivity contribution in [2.24, 2.45) is 0 Å². The lowest BCUT2D eigenvalue weighted by molar-refractivity contribution is -0.118. The van der Waals surface area contributed by atoms with E-state index in [0.717, 1.165) is 22.6 Å². The van der Waals surface area contributed by atoms with Crippen LogP contribution in [-0.2, 0) is 4.79 Å². The zero-order chi connectivity index (χ0) is 13.7. The van der Waals surface area contributed by atoms with Crippen molar-refractivity contribution in [3.63, 3.8) is 0 Å². The van der Waals surface area contributed by atoms with E-state index in [4.69, 9.17) is 0 Å². The molecule has 0 unspecified atom stereocenters. The van der Waals surface area contributed by atoms with Crippen molar-refractivity contribution in [2.75, 3.05) is 11.9 Å². The van der Waals surface area contributed by atoms with Gasteiger partial charge in [-0.2, -0.15) is 0 Å². The molecule has 3 nitrogen and oxygen atoms in total. The van der Waals surface area contributed by atoms with Gasteiger partial charge < -0.3 is 0 Å². The number of amides is 1. The van der Waals surface area contributed by atoms with Gasteiger partial charge >= 0.3 is 0 Å². The number of nitrogens with zero attached hydrogens (tertiary/aromatic N) is 2. The predicted molar refractivity (Wildman–Crippen MR) is 76.5 cm³/mol. The van der Waals surface area contributed by atoms with Gasteiger partial charge in [0.05, 0.1) is 5.69 Å². The normalized spacial score (nSPS) is 11.2. The first kappa shape index (κ1) is 14.2. The lowest BCUT2D eigenvalue weighted by Gasteiger charge is -2.18. The largest absolute Gasteiger partial charge is 0.300 e. The van der Waals surface area contributed by atoms with Crippen molar-refractivity contribution in [3.05, 3.63) is 42.1 Å². The van der Waals surface area contributed by atoms with E-state index in [1.807, 2.05) is 39.0 Å². The first-order valence-corrected chi connectivity index (χ1v) is 6.05. The Morgan fingerprint density at radius 1 is 1.50 bits per heavy atom. The molecule has 0 fully saturated rings. The molecule has 0 aromatic carbocycles. The molecule has 0 aliphatic heterocycles. The maximum atomic E-state index is 11.7. The summed E-state index contributed by atoms with van der Waals surface area (Å²) in [6.07, 6.45) is 4.11. The van der Waals surface area contributed by atoms with Crippen LogP contribution in [0.15, 0.2) is 30.9 Å². The van der Waals surface area contributed by atoms with Crippen molar-refractivity contribution in [1.29, 1.82) is 0 Å². The van der Waals surface area contributed by atoms with Gasteiger partial charge in [0.25, 0.3) is 0 Å². The lowest BCUT2D eigenvalue weighted by atomic mass is 10.1. The van der Waals surface area contributed by atoms with Crippen molar-refractivity contribution >= 4 is 17.3 Å². The zero-order valence-electron chi connectivity index (χ0n) is 11.5. The van der Waals surface area contributed by atoms with Crippen LogP contribution in [0.2, 0.25) is 0 Å². The van der Waals surface area contributed by atoms with Crippen LogP contribution in [0.1, 0.15) is 31.5 Å². The van der Waals surface area contributed by atoms with E-state index < -0.39 is 0 Å². The number of allylic oxidation sites excluding steroid dienone is 3. The Morgan fingerprint density at radius 2 is 2.17 bits per heavy atom. The molecule has 0 bridgehead atoms. The summed E-state index contributed by atoms with van der Waals surface area (Å²) in [5.74, 6) is 0.782. The Balaban J connectivity index is 3.20. The fraction of sp³-hybridized carbons (Fsp3) is 0.333. The van der Waals surface area contributed by atoms with E-state index >= 15 is 0 Å². The topological polar surface area (TPSA) is 33.2 Å². The average Bonchev–Trinajstić information content (AvgIpc) is 2.37. The first-order valence-electron chi connectivity index (χ1n) is 6.05. The standard InChI is InChI=1S/C15H20N2O/c1-6-8-11(3)13-10-9-12(4)15(16-13)17(5)14(18)7-2/h6,8-10H,1,7H2,2-5H3/b11-8+. The molecule has 1 aromatic heterocycles. The van der Waals surface area contributed by atoms with Gasteiger partial charge in [0.1, 0.15) is 5.82 Å². The number of anilines is 1. The second-order valence-electron chi connectivity index (χ2n) is 4.23. The molecule has 0 aliphatic rings. The zero-order valence-corrected chi connectivity index (χ0v) is 11.5. The van der Waals surface area contributed by atoms with E-state index in [9.17, 15) is 4.79 Å². The van der Waals surface area contributed by atoms with Gasteiger partial charge in [-0.1, -0.05) is 31.7 Å². The van der Waals surface area contributed by atoms with Crippen molar-refractivity contribution in [2.45, 2.75) is 27.2 Å². The maximum absolute atomic E-state index is 11.7. The second kappa shape index (κ2) is 6.15. The van der Waals surface area contributed by atoms with Gasteiger partial charge in [-0.15, -0.1) is 0 Å². The highest BCUT2D eigenvalue weighted by Gasteiger charge is 2.13. The molecule has 0 radical (unpaired) electrons. The van der Waals surface area contributed by atoms with Gasteiger partial charge in [0.2, 0.25) is 5.91 Å². The molecular formula is C15H20N2O. The van der Waals surface area contributed by atoms with E-state index in [1.54, 1.807) is 18.0 Å². The Labute approximate surface area is 109 Å². The molecule has 1 heterocycles. The minimum absolute atomic E-state index is 0.0631. The summed E-state index contributed by atoms with van der Waals surface area (Å²) < 4.78 is 0. The molecular weight excluding hydrogens is 224 g/mol. The van der Waals surface area contributed by atoms with Crippen LogP contribution in [0.3, 0.4) is 0 Å². The van der Waals surface area contributed by atoms with Crippen LogP contribution in [-0.4, -0.2) is 17.9 Å².